The summed E-state index contributed by atoms with van der Waals surface area (Å²) in [4.78, 5) is 15.5. The molecule has 1 aromatic heterocycles. The van der Waals surface area contributed by atoms with Crippen molar-refractivity contribution in [1.82, 2.24) is 9.97 Å². The highest BCUT2D eigenvalue weighted by atomic mass is 32.2. The van der Waals surface area contributed by atoms with Crippen LogP contribution in [-0.2, 0) is 25.9 Å². The molecule has 9 nitrogen and oxygen atoms in total. The Labute approximate surface area is 229 Å². The number of halogens is 1. The maximum atomic E-state index is 15.1. The summed E-state index contributed by atoms with van der Waals surface area (Å²) in [5.74, 6) is 0.849. The van der Waals surface area contributed by atoms with Gasteiger partial charge in [0, 0.05) is 61.9 Å². The van der Waals surface area contributed by atoms with Crippen LogP contribution in [0.2, 0.25) is 0 Å². The van der Waals surface area contributed by atoms with Crippen molar-refractivity contribution in [2.24, 2.45) is 5.92 Å². The summed E-state index contributed by atoms with van der Waals surface area (Å²) in [5.41, 5.74) is 4.86. The van der Waals surface area contributed by atoms with Gasteiger partial charge in [-0.25, -0.2) is 17.8 Å². The Kier molecular flexibility index (Phi) is 6.79. The van der Waals surface area contributed by atoms with Gasteiger partial charge < -0.3 is 24.2 Å². The Hall–Kier alpha value is -2.76. The van der Waals surface area contributed by atoms with Gasteiger partial charge in [-0.2, -0.15) is 4.98 Å². The van der Waals surface area contributed by atoms with Gasteiger partial charge in [0.25, 0.3) is 0 Å². The first-order valence-corrected chi connectivity index (χ1v) is 15.7. The fraction of sp³-hybridized carbons (Fsp3) is 0.571. The summed E-state index contributed by atoms with van der Waals surface area (Å²) in [6.45, 7) is 7.99. The van der Waals surface area contributed by atoms with E-state index in [0.29, 0.717) is 44.6 Å². The summed E-state index contributed by atoms with van der Waals surface area (Å²) < 4.78 is 49.8. The molecule has 39 heavy (non-hydrogen) atoms. The van der Waals surface area contributed by atoms with Crippen molar-refractivity contribution >= 4 is 33.4 Å². The molecule has 210 valence electrons. The van der Waals surface area contributed by atoms with Crippen LogP contribution in [0, 0.1) is 5.92 Å². The average molecular weight is 558 g/mol. The monoisotopic (exact) mass is 557 g/mol. The number of rotatable bonds is 6. The van der Waals surface area contributed by atoms with Crippen LogP contribution in [0.15, 0.2) is 30.6 Å². The van der Waals surface area contributed by atoms with Crippen LogP contribution in [0.25, 0.3) is 6.08 Å². The van der Waals surface area contributed by atoms with Gasteiger partial charge in [-0.1, -0.05) is 19.9 Å². The Morgan fingerprint density at radius 2 is 1.90 bits per heavy atom. The smallest absolute Gasteiger partial charge is 0.227 e. The van der Waals surface area contributed by atoms with E-state index in [1.54, 1.807) is 6.20 Å². The zero-order valence-corrected chi connectivity index (χ0v) is 23.5. The highest BCUT2D eigenvalue weighted by Gasteiger charge is 2.49. The van der Waals surface area contributed by atoms with Gasteiger partial charge in [0.05, 0.1) is 32.1 Å². The minimum Gasteiger partial charge on any atom is -0.370 e. The lowest BCUT2D eigenvalue weighted by Crippen LogP contribution is -2.54. The van der Waals surface area contributed by atoms with Crippen molar-refractivity contribution < 1.29 is 22.3 Å². The minimum atomic E-state index is -3.00. The fourth-order valence-electron chi connectivity index (χ4n) is 6.18. The van der Waals surface area contributed by atoms with Gasteiger partial charge in [0.1, 0.15) is 15.7 Å². The molecule has 3 saturated heterocycles. The summed E-state index contributed by atoms with van der Waals surface area (Å²) in [6, 6.07) is 6.24. The molecular weight excluding hydrogens is 521 g/mol. The van der Waals surface area contributed by atoms with E-state index >= 15 is 4.39 Å². The minimum absolute atomic E-state index is 0.119. The van der Waals surface area contributed by atoms with Crippen LogP contribution in [0.1, 0.15) is 42.9 Å². The topological polar surface area (TPSA) is 88.1 Å². The van der Waals surface area contributed by atoms with E-state index < -0.39 is 21.8 Å². The normalized spacial score (nSPS) is 23.0. The van der Waals surface area contributed by atoms with E-state index in [0.717, 1.165) is 24.6 Å². The number of anilines is 3. The third-order valence-corrected chi connectivity index (χ3v) is 9.22. The van der Waals surface area contributed by atoms with Crippen LogP contribution in [0.4, 0.5) is 21.8 Å². The lowest BCUT2D eigenvalue weighted by Gasteiger charge is -2.43. The second-order valence-electron chi connectivity index (χ2n) is 11.4. The molecule has 2 aromatic rings. The van der Waals surface area contributed by atoms with Gasteiger partial charge >= 0.3 is 0 Å². The van der Waals surface area contributed by atoms with E-state index in [1.807, 2.05) is 11.0 Å². The van der Waals surface area contributed by atoms with Crippen LogP contribution in [0.3, 0.4) is 0 Å². The molecule has 0 N–H and O–H groups in total. The highest BCUT2D eigenvalue weighted by Crippen LogP contribution is 2.39. The number of hydrogen-bond donors (Lipinski definition) is 0. The number of hydrogen-bond acceptors (Lipinski definition) is 9. The number of nitrogens with zero attached hydrogens (tertiary/aromatic N) is 5. The van der Waals surface area contributed by atoms with Crippen LogP contribution < -0.4 is 14.7 Å². The molecule has 0 amide bonds. The van der Waals surface area contributed by atoms with E-state index in [9.17, 15) is 8.42 Å². The maximum Gasteiger partial charge on any atom is 0.227 e. The molecule has 0 bridgehead atoms. The maximum absolute atomic E-state index is 15.1. The standard InChI is InChI=1S/C28H36FN5O4S/c1-19(2)21-4-5-24(34-14-20(15-34)18-39(3,35)36)23-16-32(10-7-22(21)23)26-6-9-30-27(31-26)33-11-8-28(25(29)17-33)37-12-13-38-28/h4-7,9-10,19-20,25H,8,11-18H2,1-3H3/t25-/m1/s1. The molecule has 1 aromatic carbocycles. The molecule has 0 aliphatic carbocycles. The second kappa shape index (κ2) is 10.0. The zero-order valence-electron chi connectivity index (χ0n) is 22.7. The highest BCUT2D eigenvalue weighted by molar-refractivity contribution is 7.90. The Morgan fingerprint density at radius 3 is 2.59 bits per heavy atom. The quantitative estimate of drug-likeness (QED) is 0.531. The van der Waals surface area contributed by atoms with Gasteiger partial charge in [-0.05, 0) is 35.3 Å². The summed E-state index contributed by atoms with van der Waals surface area (Å²) in [6.07, 6.45) is 6.37. The number of sulfone groups is 1. The largest absolute Gasteiger partial charge is 0.370 e. The Balaban J connectivity index is 1.23. The third-order valence-electron chi connectivity index (χ3n) is 8.14. The van der Waals surface area contributed by atoms with Crippen LogP contribution in [-0.4, -0.2) is 81.7 Å². The molecular formula is C28H36FN5O4S. The molecule has 0 unspecified atom stereocenters. The number of aromatic nitrogens is 2. The zero-order chi connectivity index (χ0) is 27.4. The van der Waals surface area contributed by atoms with Crippen molar-refractivity contribution in [3.63, 3.8) is 0 Å². The molecule has 4 aliphatic rings. The summed E-state index contributed by atoms with van der Waals surface area (Å²) >= 11 is 0. The Morgan fingerprint density at radius 1 is 1.13 bits per heavy atom. The van der Waals surface area contributed by atoms with Crippen molar-refractivity contribution in [2.75, 3.05) is 66.1 Å². The van der Waals surface area contributed by atoms with Crippen LogP contribution in [0.5, 0.6) is 0 Å². The molecule has 0 saturated carbocycles. The van der Waals surface area contributed by atoms with Crippen molar-refractivity contribution in [2.45, 2.75) is 44.7 Å². The van der Waals surface area contributed by atoms with Gasteiger partial charge in [0.2, 0.25) is 11.7 Å². The molecule has 11 heteroatoms. The lowest BCUT2D eigenvalue weighted by atomic mass is 9.88. The van der Waals surface area contributed by atoms with E-state index in [1.165, 1.54) is 22.9 Å². The van der Waals surface area contributed by atoms with E-state index in [4.69, 9.17) is 14.5 Å². The number of piperidine rings is 1. The number of alkyl halides is 1. The molecule has 0 radical (unpaired) electrons. The molecule has 6 rings (SSSR count). The number of fused-ring (bicyclic) bond motifs is 1. The van der Waals surface area contributed by atoms with Gasteiger partial charge in [0.15, 0.2) is 6.17 Å². The van der Waals surface area contributed by atoms with Crippen LogP contribution >= 0.6 is 0 Å². The lowest BCUT2D eigenvalue weighted by molar-refractivity contribution is -0.207. The number of ether oxygens (including phenoxy) is 2. The molecule has 1 spiro atoms. The summed E-state index contributed by atoms with van der Waals surface area (Å²) in [5, 5.41) is 0. The number of benzene rings is 1. The van der Waals surface area contributed by atoms with Crippen molar-refractivity contribution in [3.05, 3.63) is 47.3 Å². The molecule has 4 aliphatic heterocycles. The van der Waals surface area contributed by atoms with Crippen molar-refractivity contribution in [1.29, 1.82) is 0 Å². The Bertz CT molecular complexity index is 1370. The molecule has 1 atom stereocenters. The SMILES string of the molecule is CC(C)c1ccc(N2CC(CS(C)(=O)=O)C2)c2c1C=CN(c1ccnc(N3CCC4(OCCO4)[C@H](F)C3)n1)C2. The predicted octanol–water partition coefficient (Wildman–Crippen LogP) is 3.36. The van der Waals surface area contributed by atoms with Gasteiger partial charge in [-0.3, -0.25) is 0 Å². The first kappa shape index (κ1) is 26.5. The predicted molar refractivity (Wildman–Crippen MR) is 150 cm³/mol. The van der Waals surface area contributed by atoms with E-state index in [2.05, 4.69) is 53.0 Å². The van der Waals surface area contributed by atoms with Crippen molar-refractivity contribution in [3.8, 4) is 0 Å². The second-order valence-corrected chi connectivity index (χ2v) is 13.6. The fourth-order valence-corrected chi connectivity index (χ4v) is 7.25. The first-order chi connectivity index (χ1) is 18.6. The van der Waals surface area contributed by atoms with Gasteiger partial charge in [-0.15, -0.1) is 0 Å². The molecule has 5 heterocycles. The molecule has 3 fully saturated rings. The average Bonchev–Trinajstić information content (AvgIpc) is 3.36. The first-order valence-electron chi connectivity index (χ1n) is 13.7. The van der Waals surface area contributed by atoms with E-state index in [-0.39, 0.29) is 18.2 Å². The third kappa shape index (κ3) is 5.12. The summed E-state index contributed by atoms with van der Waals surface area (Å²) in [7, 11) is -3.00.